The number of rotatable bonds is 3. The van der Waals surface area contributed by atoms with Gasteiger partial charge >= 0.3 is 11.9 Å². The number of Topliss-reactive ketones (excluding diaryl/α,β-unsaturated/α-hetero) is 1. The Kier molecular flexibility index (Phi) is 5.09. The quantitative estimate of drug-likeness (QED) is 0.335. The minimum absolute atomic E-state index is 0.00237. The van der Waals surface area contributed by atoms with Gasteiger partial charge in [-0.05, 0) is 24.1 Å². The topological polar surface area (TPSA) is 151 Å². The maximum Gasteiger partial charge on any atom is 0.303 e. The van der Waals surface area contributed by atoms with E-state index in [1.165, 1.54) is 26.8 Å². The zero-order chi connectivity index (χ0) is 24.9. The molecule has 0 aromatic carbocycles. The van der Waals surface area contributed by atoms with Crippen molar-refractivity contribution in [1.82, 2.24) is 0 Å². The molecule has 0 amide bonds. The second-order valence-electron chi connectivity index (χ2n) is 10.6. The molecule has 0 heterocycles. The number of ketones is 1. The summed E-state index contributed by atoms with van der Waals surface area (Å²) < 4.78 is 11.5. The van der Waals surface area contributed by atoms with Gasteiger partial charge in [0.1, 0.15) is 6.10 Å². The van der Waals surface area contributed by atoms with Gasteiger partial charge in [0.2, 0.25) is 0 Å². The molecule has 2 fully saturated rings. The minimum Gasteiger partial charge on any atom is -0.458 e. The van der Waals surface area contributed by atoms with Crippen LogP contribution in [0.1, 0.15) is 41.5 Å². The van der Waals surface area contributed by atoms with E-state index >= 15 is 0 Å². The lowest BCUT2D eigenvalue weighted by atomic mass is 9.58. The Bertz CT molecular complexity index is 996. The predicted octanol–water partition coefficient (Wildman–Crippen LogP) is 0.0425. The van der Waals surface area contributed by atoms with Crippen LogP contribution in [0.3, 0.4) is 0 Å². The summed E-state index contributed by atoms with van der Waals surface area (Å²) in [6.07, 6.45) is 0.0778. The molecular weight excluding hydrogens is 432 g/mol. The van der Waals surface area contributed by atoms with Crippen LogP contribution in [0.25, 0.3) is 0 Å². The van der Waals surface area contributed by atoms with Gasteiger partial charge < -0.3 is 29.9 Å². The van der Waals surface area contributed by atoms with Gasteiger partial charge in [0.25, 0.3) is 0 Å². The van der Waals surface area contributed by atoms with Gasteiger partial charge in [-0.2, -0.15) is 0 Å². The zero-order valence-corrected chi connectivity index (χ0v) is 19.7. The fraction of sp³-hybridized carbons (Fsp3) is 0.708. The van der Waals surface area contributed by atoms with Crippen LogP contribution in [0.2, 0.25) is 0 Å². The monoisotopic (exact) mass is 464 g/mol. The third kappa shape index (κ3) is 2.70. The molecule has 9 atom stereocenters. The molecular formula is C24H32O9. The van der Waals surface area contributed by atoms with Crippen molar-refractivity contribution in [3.63, 3.8) is 0 Å². The highest BCUT2D eigenvalue weighted by Gasteiger charge is 2.88. The Labute approximate surface area is 192 Å². The van der Waals surface area contributed by atoms with Crippen molar-refractivity contribution in [1.29, 1.82) is 0 Å². The highest BCUT2D eigenvalue weighted by molar-refractivity contribution is 6.06. The zero-order valence-electron chi connectivity index (χ0n) is 19.7. The Hall–Kier alpha value is -2.07. The van der Waals surface area contributed by atoms with E-state index in [9.17, 15) is 34.8 Å². The molecule has 0 radical (unpaired) electrons. The van der Waals surface area contributed by atoms with Crippen LogP contribution in [0.15, 0.2) is 23.3 Å². The van der Waals surface area contributed by atoms with Crippen LogP contribution >= 0.6 is 0 Å². The lowest BCUT2D eigenvalue weighted by molar-refractivity contribution is -0.239. The summed E-state index contributed by atoms with van der Waals surface area (Å²) in [6, 6.07) is 0. The van der Waals surface area contributed by atoms with Crippen LogP contribution < -0.4 is 0 Å². The Morgan fingerprint density at radius 3 is 2.27 bits per heavy atom. The molecule has 0 unspecified atom stereocenters. The van der Waals surface area contributed by atoms with Gasteiger partial charge in [-0.15, -0.1) is 0 Å². The Morgan fingerprint density at radius 1 is 1.15 bits per heavy atom. The molecule has 4 aliphatic carbocycles. The van der Waals surface area contributed by atoms with Gasteiger partial charge in [0, 0.05) is 42.9 Å². The second kappa shape index (κ2) is 6.97. The number of carbonyl (C=O) groups excluding carboxylic acids is 3. The van der Waals surface area contributed by atoms with Crippen molar-refractivity contribution in [2.45, 2.75) is 70.6 Å². The molecule has 9 nitrogen and oxygen atoms in total. The van der Waals surface area contributed by atoms with Gasteiger partial charge in [-0.1, -0.05) is 26.8 Å². The van der Waals surface area contributed by atoms with E-state index in [0.717, 1.165) is 6.08 Å². The fourth-order valence-corrected chi connectivity index (χ4v) is 7.31. The van der Waals surface area contributed by atoms with Crippen LogP contribution in [-0.4, -0.2) is 73.8 Å². The largest absolute Gasteiger partial charge is 0.458 e. The molecule has 0 bridgehead atoms. The lowest BCUT2D eigenvalue weighted by Crippen LogP contribution is -2.67. The van der Waals surface area contributed by atoms with Crippen molar-refractivity contribution in [3.8, 4) is 0 Å². The first-order valence-corrected chi connectivity index (χ1v) is 11.2. The van der Waals surface area contributed by atoms with E-state index in [1.54, 1.807) is 20.8 Å². The van der Waals surface area contributed by atoms with E-state index in [0.29, 0.717) is 0 Å². The lowest BCUT2D eigenvalue weighted by Gasteiger charge is -2.54. The van der Waals surface area contributed by atoms with Crippen LogP contribution in [0.4, 0.5) is 0 Å². The normalized spacial score (nSPS) is 47.3. The Balaban J connectivity index is 2.01. The number of carbonyl (C=O) groups is 3. The molecule has 2 saturated carbocycles. The standard InChI is InChI=1S/C24H32O9/c1-10-7-15-22(30,19(10)29)8-14(9-25)17(28)16-18-21(5,6)24(18,33-13(4)27)20(32-12(3)26)11(2)23(15,16)31/h7-8,11,15-18,20,25,28,30-31H,9H2,1-6H3/t11-,15-,16+,17+,18-,20-,22-,23+,24-/m1/s1. The molecule has 0 aromatic rings. The summed E-state index contributed by atoms with van der Waals surface area (Å²) in [5.41, 5.74) is -6.08. The highest BCUT2D eigenvalue weighted by atomic mass is 16.6. The molecule has 0 saturated heterocycles. The summed E-state index contributed by atoms with van der Waals surface area (Å²) >= 11 is 0. The van der Waals surface area contributed by atoms with Crippen LogP contribution in [-0.2, 0) is 23.9 Å². The molecule has 0 aliphatic heterocycles. The molecule has 33 heavy (non-hydrogen) atoms. The van der Waals surface area contributed by atoms with E-state index in [1.807, 2.05) is 0 Å². The Morgan fingerprint density at radius 2 is 1.76 bits per heavy atom. The number of hydrogen-bond acceptors (Lipinski definition) is 9. The van der Waals surface area contributed by atoms with E-state index in [4.69, 9.17) is 9.47 Å². The number of hydrogen-bond donors (Lipinski definition) is 4. The third-order valence-electron chi connectivity index (χ3n) is 8.69. The molecule has 4 rings (SSSR count). The average Bonchev–Trinajstić information content (AvgIpc) is 3.10. The number of fused-ring (bicyclic) bond motifs is 5. The number of aliphatic hydroxyl groups is 4. The van der Waals surface area contributed by atoms with Crippen molar-refractivity contribution < 1.29 is 44.3 Å². The van der Waals surface area contributed by atoms with Crippen LogP contribution in [0, 0.1) is 29.1 Å². The van der Waals surface area contributed by atoms with E-state index in [2.05, 4.69) is 0 Å². The van der Waals surface area contributed by atoms with Gasteiger partial charge in [-0.25, -0.2) is 0 Å². The molecule has 182 valence electrons. The highest BCUT2D eigenvalue weighted by Crippen LogP contribution is 2.77. The maximum atomic E-state index is 13.0. The minimum atomic E-state index is -2.19. The van der Waals surface area contributed by atoms with Crippen molar-refractivity contribution in [2.75, 3.05) is 6.61 Å². The summed E-state index contributed by atoms with van der Waals surface area (Å²) in [6.45, 7) is 8.51. The SMILES string of the molecule is CC(=O)O[C@@H]1[C@@H](C)[C@@]2(O)[C@H]([C@@H]3C(C)(C)[C@]13OC(C)=O)[C@@H](O)C(CO)=C[C@]1(O)C(=O)C(C)=C[C@@H]21. The molecule has 4 N–H and O–H groups in total. The molecule has 0 spiro atoms. The first-order chi connectivity index (χ1) is 15.1. The third-order valence-corrected chi connectivity index (χ3v) is 8.69. The second-order valence-corrected chi connectivity index (χ2v) is 10.6. The van der Waals surface area contributed by atoms with Crippen molar-refractivity contribution in [2.24, 2.45) is 29.1 Å². The van der Waals surface area contributed by atoms with Crippen molar-refractivity contribution in [3.05, 3.63) is 23.3 Å². The van der Waals surface area contributed by atoms with E-state index in [-0.39, 0.29) is 11.1 Å². The number of ether oxygens (including phenoxy) is 2. The summed E-state index contributed by atoms with van der Waals surface area (Å²) in [5, 5.41) is 45.4. The average molecular weight is 465 g/mol. The molecule has 4 aliphatic rings. The van der Waals surface area contributed by atoms with Gasteiger partial charge in [0.15, 0.2) is 17.0 Å². The summed E-state index contributed by atoms with van der Waals surface area (Å²) in [4.78, 5) is 37.3. The number of esters is 2. The predicted molar refractivity (Wildman–Crippen MR) is 113 cm³/mol. The maximum absolute atomic E-state index is 13.0. The summed E-state index contributed by atoms with van der Waals surface area (Å²) in [5.74, 6) is -5.77. The molecule has 9 heteroatoms. The van der Waals surface area contributed by atoms with E-state index < -0.39 is 82.4 Å². The van der Waals surface area contributed by atoms with Gasteiger partial charge in [0.05, 0.1) is 18.3 Å². The first kappa shape index (κ1) is 24.1. The smallest absolute Gasteiger partial charge is 0.303 e. The fourth-order valence-electron chi connectivity index (χ4n) is 7.31. The van der Waals surface area contributed by atoms with Crippen LogP contribution in [0.5, 0.6) is 0 Å². The molecule has 0 aromatic heterocycles. The first-order valence-electron chi connectivity index (χ1n) is 11.2. The van der Waals surface area contributed by atoms with Crippen molar-refractivity contribution >= 4 is 17.7 Å². The number of aliphatic hydroxyl groups excluding tert-OH is 2. The summed E-state index contributed by atoms with van der Waals surface area (Å²) in [7, 11) is 0. The van der Waals surface area contributed by atoms with Gasteiger partial charge in [-0.3, -0.25) is 14.4 Å².